The van der Waals surface area contributed by atoms with Crippen LogP contribution in [0.3, 0.4) is 0 Å². The monoisotopic (exact) mass is 312 g/mol. The normalized spacial score (nSPS) is 51.9. The number of hydrogen-bond donors (Lipinski definition) is 7. The lowest BCUT2D eigenvalue weighted by Crippen LogP contribution is -2.62. The van der Waals surface area contributed by atoms with E-state index in [0.29, 0.717) is 0 Å². The highest BCUT2D eigenvalue weighted by Gasteiger charge is 2.48. The Bertz CT molecular complexity index is 339. The minimum atomic E-state index is -1.68. The summed E-state index contributed by atoms with van der Waals surface area (Å²) in [4.78, 5) is 0. The molecule has 0 aliphatic carbocycles. The molecule has 21 heavy (non-hydrogen) atoms. The Labute approximate surface area is 119 Å². The Kier molecular flexibility index (Phi) is 5.48. The van der Waals surface area contributed by atoms with E-state index >= 15 is 0 Å². The number of aliphatic hydroxyl groups is 7. The van der Waals surface area contributed by atoms with Crippen molar-refractivity contribution >= 4 is 0 Å². The molecule has 124 valence electrons. The first-order valence-electron chi connectivity index (χ1n) is 6.48. The molecule has 7 N–H and O–H groups in total. The minimum Gasteiger partial charge on any atom is -0.394 e. The molecule has 10 nitrogen and oxygen atoms in total. The molecule has 2 heterocycles. The summed E-state index contributed by atoms with van der Waals surface area (Å²) in [6.07, 6.45) is -13.4. The number of ether oxygens (including phenoxy) is 3. The Morgan fingerprint density at radius 2 is 1.57 bits per heavy atom. The van der Waals surface area contributed by atoms with E-state index in [0.717, 1.165) is 0 Å². The van der Waals surface area contributed by atoms with E-state index in [-0.39, 0.29) is 6.61 Å². The van der Waals surface area contributed by atoms with Gasteiger partial charge >= 0.3 is 0 Å². The van der Waals surface area contributed by atoms with E-state index in [4.69, 9.17) is 19.3 Å². The highest BCUT2D eigenvalue weighted by molar-refractivity contribution is 4.91. The largest absolute Gasteiger partial charge is 0.394 e. The van der Waals surface area contributed by atoms with Crippen LogP contribution in [0.2, 0.25) is 0 Å². The third-order valence-corrected chi connectivity index (χ3v) is 3.59. The molecule has 0 amide bonds. The number of rotatable bonds is 3. The van der Waals surface area contributed by atoms with Gasteiger partial charge in [0.05, 0.1) is 13.2 Å². The van der Waals surface area contributed by atoms with Crippen LogP contribution in [0.5, 0.6) is 0 Å². The van der Waals surface area contributed by atoms with Crippen molar-refractivity contribution in [1.82, 2.24) is 0 Å². The molecule has 0 aromatic heterocycles. The van der Waals surface area contributed by atoms with Crippen molar-refractivity contribution in [1.29, 1.82) is 0 Å². The van der Waals surface area contributed by atoms with E-state index in [1.165, 1.54) is 0 Å². The van der Waals surface area contributed by atoms with Crippen LogP contribution >= 0.6 is 0 Å². The first kappa shape index (κ1) is 17.0. The van der Waals surface area contributed by atoms with Crippen LogP contribution in [0.4, 0.5) is 0 Å². The summed E-state index contributed by atoms with van der Waals surface area (Å²) in [6.45, 7) is -0.934. The van der Waals surface area contributed by atoms with Gasteiger partial charge in [0.2, 0.25) is 0 Å². The van der Waals surface area contributed by atoms with E-state index in [1.807, 2.05) is 0 Å². The van der Waals surface area contributed by atoms with E-state index in [2.05, 4.69) is 0 Å². The molecule has 10 heteroatoms. The molecule has 9 atom stereocenters. The molecule has 1 unspecified atom stereocenters. The van der Waals surface area contributed by atoms with Crippen molar-refractivity contribution in [3.63, 3.8) is 0 Å². The van der Waals surface area contributed by atoms with Crippen LogP contribution in [0.1, 0.15) is 0 Å². The lowest BCUT2D eigenvalue weighted by atomic mass is 9.99. The van der Waals surface area contributed by atoms with Gasteiger partial charge in [-0.25, -0.2) is 0 Å². The highest BCUT2D eigenvalue weighted by Crippen LogP contribution is 2.26. The molecule has 2 rings (SSSR count). The Hall–Kier alpha value is -0.400. The predicted octanol–water partition coefficient (Wildman–Crippen LogP) is -4.76. The molecule has 0 aromatic rings. The molecule has 2 saturated heterocycles. The van der Waals surface area contributed by atoms with Crippen LogP contribution in [0, 0.1) is 0 Å². The van der Waals surface area contributed by atoms with Gasteiger partial charge in [-0.15, -0.1) is 0 Å². The van der Waals surface area contributed by atoms with Gasteiger partial charge in [-0.05, 0) is 0 Å². The molecule has 0 aromatic carbocycles. The summed E-state index contributed by atoms with van der Waals surface area (Å²) in [7, 11) is 0. The lowest BCUT2D eigenvalue weighted by molar-refractivity contribution is -0.352. The summed E-state index contributed by atoms with van der Waals surface area (Å²) in [5, 5.41) is 66.8. The fourth-order valence-electron chi connectivity index (χ4n) is 2.26. The summed E-state index contributed by atoms with van der Waals surface area (Å²) < 4.78 is 15.0. The van der Waals surface area contributed by atoms with Gasteiger partial charge in [0, 0.05) is 0 Å². The fraction of sp³-hybridized carbons (Fsp3) is 1.00. The SMILES string of the molecule is OC[C@@H]1O[C@@H](O[C@H]2C(O)OC[C@@H](O)[C@@H]2O)[C@@H](O)[C@H](O)[C@@H]1O. The molecule has 0 radical (unpaired) electrons. The first-order chi connectivity index (χ1) is 9.86. The van der Waals surface area contributed by atoms with Gasteiger partial charge in [0.15, 0.2) is 12.6 Å². The average molecular weight is 312 g/mol. The smallest absolute Gasteiger partial charge is 0.187 e. The van der Waals surface area contributed by atoms with Crippen LogP contribution in [0.25, 0.3) is 0 Å². The van der Waals surface area contributed by atoms with E-state index < -0.39 is 61.9 Å². The van der Waals surface area contributed by atoms with Gasteiger partial charge in [0.25, 0.3) is 0 Å². The van der Waals surface area contributed by atoms with Crippen LogP contribution < -0.4 is 0 Å². The number of aliphatic hydroxyl groups excluding tert-OH is 7. The second kappa shape index (κ2) is 6.79. The van der Waals surface area contributed by atoms with Gasteiger partial charge in [-0.1, -0.05) is 0 Å². The molecular weight excluding hydrogens is 292 g/mol. The molecule has 0 saturated carbocycles. The third-order valence-electron chi connectivity index (χ3n) is 3.59. The lowest BCUT2D eigenvalue weighted by Gasteiger charge is -2.43. The van der Waals surface area contributed by atoms with Crippen molar-refractivity contribution in [3.8, 4) is 0 Å². The van der Waals surface area contributed by atoms with Gasteiger partial charge in [0.1, 0.15) is 42.7 Å². The van der Waals surface area contributed by atoms with Crippen molar-refractivity contribution in [3.05, 3.63) is 0 Å². The van der Waals surface area contributed by atoms with Crippen molar-refractivity contribution in [2.75, 3.05) is 13.2 Å². The molecule has 2 aliphatic rings. The zero-order chi connectivity index (χ0) is 15.7. The number of hydrogen-bond acceptors (Lipinski definition) is 10. The van der Waals surface area contributed by atoms with Gasteiger partial charge in [-0.3, -0.25) is 0 Å². The Morgan fingerprint density at radius 1 is 0.905 bits per heavy atom. The Balaban J connectivity index is 2.06. The topological polar surface area (TPSA) is 169 Å². The van der Waals surface area contributed by atoms with Crippen molar-refractivity contribution in [2.45, 2.75) is 55.3 Å². The average Bonchev–Trinajstić information content (AvgIpc) is 2.47. The summed E-state index contributed by atoms with van der Waals surface area (Å²) in [6, 6.07) is 0. The second-order valence-corrected chi connectivity index (χ2v) is 5.08. The molecule has 2 fully saturated rings. The highest BCUT2D eigenvalue weighted by atomic mass is 16.7. The van der Waals surface area contributed by atoms with Crippen molar-refractivity contribution < 1.29 is 50.0 Å². The van der Waals surface area contributed by atoms with Crippen molar-refractivity contribution in [2.24, 2.45) is 0 Å². The molecule has 2 aliphatic heterocycles. The van der Waals surface area contributed by atoms with Crippen LogP contribution in [-0.2, 0) is 14.2 Å². The van der Waals surface area contributed by atoms with Gasteiger partial charge in [-0.2, -0.15) is 0 Å². The fourth-order valence-corrected chi connectivity index (χ4v) is 2.26. The first-order valence-corrected chi connectivity index (χ1v) is 6.48. The molecular formula is C11H20O10. The minimum absolute atomic E-state index is 0.295. The summed E-state index contributed by atoms with van der Waals surface area (Å²) in [5.41, 5.74) is 0. The van der Waals surface area contributed by atoms with Crippen LogP contribution in [-0.4, -0.2) is 104 Å². The molecule has 0 bridgehead atoms. The summed E-state index contributed by atoms with van der Waals surface area (Å²) >= 11 is 0. The maximum Gasteiger partial charge on any atom is 0.187 e. The summed E-state index contributed by atoms with van der Waals surface area (Å²) in [5.74, 6) is 0. The van der Waals surface area contributed by atoms with E-state index in [1.54, 1.807) is 0 Å². The molecule has 0 spiro atoms. The zero-order valence-electron chi connectivity index (χ0n) is 11.0. The maximum absolute atomic E-state index is 9.78. The van der Waals surface area contributed by atoms with Gasteiger partial charge < -0.3 is 50.0 Å². The second-order valence-electron chi connectivity index (χ2n) is 5.08. The third kappa shape index (κ3) is 3.35. The van der Waals surface area contributed by atoms with Crippen LogP contribution in [0.15, 0.2) is 0 Å². The van der Waals surface area contributed by atoms with E-state index in [9.17, 15) is 30.6 Å². The predicted molar refractivity (Wildman–Crippen MR) is 62.6 cm³/mol. The maximum atomic E-state index is 9.78. The standard InChI is InChI=1S/C11H20O10/c12-1-4-6(15)7(16)8(17)11(20-4)21-9-5(14)3(13)2-19-10(9)18/h3-18H,1-2H2/t3-,4+,5+,6-,7-,8+,9-,10?,11+/m1/s1. The Morgan fingerprint density at radius 3 is 2.19 bits per heavy atom. The quantitative estimate of drug-likeness (QED) is 0.268. The zero-order valence-corrected chi connectivity index (χ0v) is 11.0.